The first kappa shape index (κ1) is 12.3. The van der Waals surface area contributed by atoms with E-state index in [-0.39, 0.29) is 5.92 Å². The third-order valence-electron chi connectivity index (χ3n) is 3.76. The van der Waals surface area contributed by atoms with Crippen molar-refractivity contribution in [3.8, 4) is 0 Å². The Hall–Kier alpha value is -1.15. The molecule has 0 spiro atoms. The molecule has 1 N–H and O–H groups in total. The maximum absolute atomic E-state index is 11.0. The largest absolute Gasteiger partial charge is 0.307 e. The van der Waals surface area contributed by atoms with Gasteiger partial charge in [0.2, 0.25) is 0 Å². The van der Waals surface area contributed by atoms with Crippen LogP contribution in [0.15, 0.2) is 30.3 Å². The van der Waals surface area contributed by atoms with E-state index in [0.717, 1.165) is 19.1 Å². The fourth-order valence-corrected chi connectivity index (χ4v) is 2.69. The third-order valence-corrected chi connectivity index (χ3v) is 3.76. The molecule has 1 saturated carbocycles. The molecule has 1 fully saturated rings. The van der Waals surface area contributed by atoms with E-state index in [0.29, 0.717) is 12.1 Å². The molecular weight excluding hydrogens is 210 g/mol. The minimum atomic E-state index is 0.204. The number of nitrogens with one attached hydrogen (secondary N) is 1. The monoisotopic (exact) mass is 231 g/mol. The van der Waals surface area contributed by atoms with Gasteiger partial charge in [-0.15, -0.1) is 0 Å². The second-order valence-corrected chi connectivity index (χ2v) is 4.99. The molecule has 2 nitrogen and oxygen atoms in total. The molecule has 1 aliphatic carbocycles. The summed E-state index contributed by atoms with van der Waals surface area (Å²) in [4.78, 5) is 11.0. The summed E-state index contributed by atoms with van der Waals surface area (Å²) in [5, 5.41) is 3.60. The van der Waals surface area contributed by atoms with Crippen LogP contribution in [0, 0.1) is 5.92 Å². The van der Waals surface area contributed by atoms with Gasteiger partial charge in [0, 0.05) is 18.0 Å². The Morgan fingerprint density at radius 2 is 1.94 bits per heavy atom. The molecule has 92 valence electrons. The minimum absolute atomic E-state index is 0.204. The molecule has 1 aromatic rings. The van der Waals surface area contributed by atoms with Crippen molar-refractivity contribution in [1.82, 2.24) is 5.32 Å². The van der Waals surface area contributed by atoms with Gasteiger partial charge in [-0.05, 0) is 25.3 Å². The zero-order chi connectivity index (χ0) is 12.1. The first-order valence-electron chi connectivity index (χ1n) is 6.57. The maximum Gasteiger partial charge on any atom is 0.124 e. The van der Waals surface area contributed by atoms with Crippen LogP contribution in [-0.2, 0) is 4.79 Å². The lowest BCUT2D eigenvalue weighted by molar-refractivity contribution is -0.112. The van der Waals surface area contributed by atoms with Crippen molar-refractivity contribution < 1.29 is 4.79 Å². The molecule has 2 rings (SSSR count). The van der Waals surface area contributed by atoms with E-state index >= 15 is 0 Å². The number of carbonyl (C=O) groups is 1. The number of aldehydes is 1. The summed E-state index contributed by atoms with van der Waals surface area (Å²) in [6, 6.07) is 11.1. The lowest BCUT2D eigenvalue weighted by Gasteiger charge is -2.31. The molecule has 0 aliphatic heterocycles. The van der Waals surface area contributed by atoms with Crippen LogP contribution in [0.5, 0.6) is 0 Å². The maximum atomic E-state index is 11.0. The summed E-state index contributed by atoms with van der Waals surface area (Å²) < 4.78 is 0. The number of benzene rings is 1. The summed E-state index contributed by atoms with van der Waals surface area (Å²) in [5.41, 5.74) is 1.29. The molecule has 2 heteroatoms. The molecular formula is C15H21NO. The highest BCUT2D eigenvalue weighted by atomic mass is 16.1. The summed E-state index contributed by atoms with van der Waals surface area (Å²) in [5.74, 6) is 0.204. The molecule has 1 aliphatic rings. The van der Waals surface area contributed by atoms with Gasteiger partial charge in [0.15, 0.2) is 0 Å². The number of hydrogen-bond donors (Lipinski definition) is 1. The Kier molecular flexibility index (Phi) is 4.32. The molecule has 0 saturated heterocycles. The van der Waals surface area contributed by atoms with Crippen LogP contribution < -0.4 is 5.32 Å². The quantitative estimate of drug-likeness (QED) is 0.807. The average Bonchev–Trinajstić information content (AvgIpc) is 2.40. The van der Waals surface area contributed by atoms with Gasteiger partial charge in [0.25, 0.3) is 0 Å². The fourth-order valence-electron chi connectivity index (χ4n) is 2.69. The Balaban J connectivity index is 1.97. The molecule has 2 unspecified atom stereocenters. The van der Waals surface area contributed by atoms with Crippen LogP contribution in [0.3, 0.4) is 0 Å². The van der Waals surface area contributed by atoms with Gasteiger partial charge in [0.05, 0.1) is 0 Å². The standard InChI is InChI=1S/C15H21NO/c1-12(13-7-3-2-4-8-13)16-15-10-6-5-9-14(15)11-17/h2-4,7-8,11-12,14-16H,5-6,9-10H2,1H3/t12?,14-,15?/m0/s1. The van der Waals surface area contributed by atoms with Crippen LogP contribution in [0.1, 0.15) is 44.2 Å². The third kappa shape index (κ3) is 3.16. The van der Waals surface area contributed by atoms with Gasteiger partial charge in [-0.2, -0.15) is 0 Å². The summed E-state index contributed by atoms with van der Waals surface area (Å²) in [6.07, 6.45) is 5.74. The van der Waals surface area contributed by atoms with Crippen LogP contribution in [-0.4, -0.2) is 12.3 Å². The zero-order valence-electron chi connectivity index (χ0n) is 10.4. The molecule has 0 bridgehead atoms. The van der Waals surface area contributed by atoms with Crippen LogP contribution in [0.2, 0.25) is 0 Å². The Morgan fingerprint density at radius 3 is 2.65 bits per heavy atom. The van der Waals surface area contributed by atoms with E-state index in [1.807, 2.05) is 6.07 Å². The first-order chi connectivity index (χ1) is 8.31. The topological polar surface area (TPSA) is 29.1 Å². The molecule has 3 atom stereocenters. The second-order valence-electron chi connectivity index (χ2n) is 4.99. The highest BCUT2D eigenvalue weighted by Crippen LogP contribution is 2.25. The first-order valence-corrected chi connectivity index (χ1v) is 6.57. The second kappa shape index (κ2) is 5.97. The van der Waals surface area contributed by atoms with E-state index in [2.05, 4.69) is 36.5 Å². The van der Waals surface area contributed by atoms with Crippen molar-refractivity contribution >= 4 is 6.29 Å². The van der Waals surface area contributed by atoms with Gasteiger partial charge < -0.3 is 10.1 Å². The summed E-state index contributed by atoms with van der Waals surface area (Å²) in [6.45, 7) is 2.17. The van der Waals surface area contributed by atoms with E-state index in [1.165, 1.54) is 18.4 Å². The fraction of sp³-hybridized carbons (Fsp3) is 0.533. The number of carbonyl (C=O) groups excluding carboxylic acids is 1. The highest BCUT2D eigenvalue weighted by molar-refractivity contribution is 5.55. The van der Waals surface area contributed by atoms with Crippen molar-refractivity contribution in [3.63, 3.8) is 0 Å². The normalized spacial score (nSPS) is 26.4. The van der Waals surface area contributed by atoms with Crippen molar-refractivity contribution in [1.29, 1.82) is 0 Å². The Labute approximate surface area is 103 Å². The van der Waals surface area contributed by atoms with Crippen LogP contribution >= 0.6 is 0 Å². The van der Waals surface area contributed by atoms with Gasteiger partial charge >= 0.3 is 0 Å². The molecule has 17 heavy (non-hydrogen) atoms. The van der Waals surface area contributed by atoms with Crippen molar-refractivity contribution in [3.05, 3.63) is 35.9 Å². The van der Waals surface area contributed by atoms with E-state index in [1.54, 1.807) is 0 Å². The summed E-state index contributed by atoms with van der Waals surface area (Å²) in [7, 11) is 0. The molecule has 0 aromatic heterocycles. The van der Waals surface area contributed by atoms with E-state index < -0.39 is 0 Å². The molecule has 0 radical (unpaired) electrons. The SMILES string of the molecule is CC(NC1CCCC[C@H]1C=O)c1ccccc1. The van der Waals surface area contributed by atoms with Crippen LogP contribution in [0.25, 0.3) is 0 Å². The average molecular weight is 231 g/mol. The van der Waals surface area contributed by atoms with E-state index in [9.17, 15) is 4.79 Å². The van der Waals surface area contributed by atoms with Gasteiger partial charge in [0.1, 0.15) is 6.29 Å². The lowest BCUT2D eigenvalue weighted by Crippen LogP contribution is -2.40. The van der Waals surface area contributed by atoms with Crippen LogP contribution in [0.4, 0.5) is 0 Å². The molecule has 0 heterocycles. The Bertz CT molecular complexity index is 349. The Morgan fingerprint density at radius 1 is 1.24 bits per heavy atom. The lowest BCUT2D eigenvalue weighted by atomic mass is 9.85. The molecule has 1 aromatic carbocycles. The van der Waals surface area contributed by atoms with Crippen molar-refractivity contribution in [2.75, 3.05) is 0 Å². The molecule has 0 amide bonds. The zero-order valence-corrected chi connectivity index (χ0v) is 10.4. The predicted molar refractivity (Wildman–Crippen MR) is 69.8 cm³/mol. The smallest absolute Gasteiger partial charge is 0.124 e. The van der Waals surface area contributed by atoms with Gasteiger partial charge in [-0.3, -0.25) is 0 Å². The van der Waals surface area contributed by atoms with Crippen molar-refractivity contribution in [2.24, 2.45) is 5.92 Å². The van der Waals surface area contributed by atoms with Gasteiger partial charge in [-0.1, -0.05) is 43.2 Å². The number of hydrogen-bond acceptors (Lipinski definition) is 2. The predicted octanol–water partition coefficient (Wildman–Crippen LogP) is 3.09. The van der Waals surface area contributed by atoms with Crippen molar-refractivity contribution in [2.45, 2.75) is 44.7 Å². The van der Waals surface area contributed by atoms with Gasteiger partial charge in [-0.25, -0.2) is 0 Å². The summed E-state index contributed by atoms with van der Waals surface area (Å²) >= 11 is 0. The minimum Gasteiger partial charge on any atom is -0.307 e. The highest BCUT2D eigenvalue weighted by Gasteiger charge is 2.25. The van der Waals surface area contributed by atoms with E-state index in [4.69, 9.17) is 0 Å². The number of rotatable bonds is 4.